The second-order valence-electron chi connectivity index (χ2n) is 9.85. The van der Waals surface area contributed by atoms with Crippen LogP contribution < -0.4 is 5.56 Å². The number of benzene rings is 3. The third-order valence-corrected chi connectivity index (χ3v) is 7.98. The van der Waals surface area contributed by atoms with Crippen LogP contribution in [0.5, 0.6) is 0 Å². The second-order valence-corrected chi connectivity index (χ2v) is 10.7. The van der Waals surface area contributed by atoms with Crippen molar-refractivity contribution in [3.8, 4) is 22.5 Å². The minimum Gasteiger partial charge on any atom is -0.454 e. The van der Waals surface area contributed by atoms with Crippen molar-refractivity contribution in [3.63, 3.8) is 0 Å². The SMILES string of the molecule is Cc1cc(C(=O)COC(=O)c2ccc(F)cc2-c2ccc(Cl)c(Cl)c2)c(C)n1-c1c(C)n(C)n(-c2ccccc2)c1=O. The highest BCUT2D eigenvalue weighted by molar-refractivity contribution is 6.42. The van der Waals surface area contributed by atoms with E-state index < -0.39 is 24.2 Å². The maximum Gasteiger partial charge on any atom is 0.339 e. The molecule has 5 rings (SSSR count). The Labute approximate surface area is 251 Å². The van der Waals surface area contributed by atoms with Crippen LogP contribution in [0, 0.1) is 26.6 Å². The molecule has 0 spiro atoms. The number of nitrogens with zero attached hydrogens (tertiary/aromatic N) is 3. The molecular formula is C32H26Cl2FN3O4. The molecule has 2 heterocycles. The van der Waals surface area contributed by atoms with Crippen molar-refractivity contribution in [1.29, 1.82) is 0 Å². The van der Waals surface area contributed by atoms with Crippen LogP contribution in [0.25, 0.3) is 22.5 Å². The average Bonchev–Trinajstić information content (AvgIpc) is 3.38. The Bertz CT molecular complexity index is 1920. The van der Waals surface area contributed by atoms with Gasteiger partial charge in [0.2, 0.25) is 5.78 Å². The first-order chi connectivity index (χ1) is 20.0. The summed E-state index contributed by atoms with van der Waals surface area (Å²) in [7, 11) is 1.80. The van der Waals surface area contributed by atoms with Gasteiger partial charge in [-0.05, 0) is 80.4 Å². The van der Waals surface area contributed by atoms with Crippen LogP contribution >= 0.6 is 23.2 Å². The van der Waals surface area contributed by atoms with Gasteiger partial charge in [-0.2, -0.15) is 0 Å². The second kappa shape index (κ2) is 11.5. The molecule has 0 fully saturated rings. The van der Waals surface area contributed by atoms with Gasteiger partial charge in [0.1, 0.15) is 11.5 Å². The van der Waals surface area contributed by atoms with Gasteiger partial charge in [0.15, 0.2) is 6.61 Å². The Balaban J connectivity index is 1.43. The van der Waals surface area contributed by atoms with Crippen molar-refractivity contribution in [1.82, 2.24) is 13.9 Å². The number of Topliss-reactive ketones (excluding diaryl/α,β-unsaturated/α-hetero) is 1. The van der Waals surface area contributed by atoms with Gasteiger partial charge in [-0.25, -0.2) is 13.9 Å². The lowest BCUT2D eigenvalue weighted by Crippen LogP contribution is -2.22. The van der Waals surface area contributed by atoms with Crippen molar-refractivity contribution < 1.29 is 18.7 Å². The van der Waals surface area contributed by atoms with Crippen molar-refractivity contribution in [3.05, 3.63) is 127 Å². The summed E-state index contributed by atoms with van der Waals surface area (Å²) < 4.78 is 24.6. The molecule has 0 radical (unpaired) electrons. The summed E-state index contributed by atoms with van der Waals surface area (Å²) in [5.41, 5.74) is 3.92. The van der Waals surface area contributed by atoms with Gasteiger partial charge in [-0.15, -0.1) is 0 Å². The van der Waals surface area contributed by atoms with Crippen molar-refractivity contribution in [2.75, 3.05) is 6.61 Å². The summed E-state index contributed by atoms with van der Waals surface area (Å²) in [6.45, 7) is 4.83. The van der Waals surface area contributed by atoms with Crippen molar-refractivity contribution in [2.45, 2.75) is 20.8 Å². The quantitative estimate of drug-likeness (QED) is 0.147. The zero-order valence-corrected chi connectivity index (χ0v) is 24.8. The number of ketones is 1. The van der Waals surface area contributed by atoms with Crippen LogP contribution in [0.4, 0.5) is 4.39 Å². The molecule has 0 aliphatic heterocycles. The Morgan fingerprint density at radius 3 is 2.26 bits per heavy atom. The molecule has 0 aliphatic rings. The predicted octanol–water partition coefficient (Wildman–Crippen LogP) is 7.04. The lowest BCUT2D eigenvalue weighted by molar-refractivity contribution is 0.0475. The molecule has 0 N–H and O–H groups in total. The highest BCUT2D eigenvalue weighted by Crippen LogP contribution is 2.31. The minimum atomic E-state index is -0.803. The van der Waals surface area contributed by atoms with Gasteiger partial charge in [-0.1, -0.05) is 47.5 Å². The molecule has 0 amide bonds. The number of ether oxygens (including phenoxy) is 1. The molecule has 0 bridgehead atoms. The molecular weight excluding hydrogens is 580 g/mol. The highest BCUT2D eigenvalue weighted by atomic mass is 35.5. The topological polar surface area (TPSA) is 75.2 Å². The fourth-order valence-electron chi connectivity index (χ4n) is 5.08. The Morgan fingerprint density at radius 1 is 0.857 bits per heavy atom. The highest BCUT2D eigenvalue weighted by Gasteiger charge is 2.25. The first kappa shape index (κ1) is 29.1. The number of halogens is 3. The lowest BCUT2D eigenvalue weighted by Gasteiger charge is -2.11. The number of para-hydroxylation sites is 1. The fraction of sp³-hybridized carbons (Fsp3) is 0.156. The zero-order chi connectivity index (χ0) is 30.3. The number of rotatable bonds is 7. The molecule has 0 aliphatic carbocycles. The molecule has 42 heavy (non-hydrogen) atoms. The Morgan fingerprint density at radius 2 is 1.57 bits per heavy atom. The van der Waals surface area contributed by atoms with Gasteiger partial charge >= 0.3 is 5.97 Å². The number of carbonyl (C=O) groups is 2. The molecule has 10 heteroatoms. The number of esters is 1. The smallest absolute Gasteiger partial charge is 0.339 e. The maximum atomic E-state index is 14.1. The van der Waals surface area contributed by atoms with E-state index in [-0.39, 0.29) is 21.7 Å². The predicted molar refractivity (Wildman–Crippen MR) is 161 cm³/mol. The summed E-state index contributed by atoms with van der Waals surface area (Å²) >= 11 is 12.1. The lowest BCUT2D eigenvalue weighted by atomic mass is 9.99. The molecule has 0 saturated carbocycles. The van der Waals surface area contributed by atoms with Crippen LogP contribution in [-0.4, -0.2) is 32.3 Å². The third-order valence-electron chi connectivity index (χ3n) is 7.25. The fourth-order valence-corrected chi connectivity index (χ4v) is 5.38. The van der Waals surface area contributed by atoms with Crippen molar-refractivity contribution in [2.24, 2.45) is 7.05 Å². The summed E-state index contributed by atoms with van der Waals surface area (Å²) in [6.07, 6.45) is 0. The number of aromatic nitrogens is 3. The van der Waals surface area contributed by atoms with E-state index in [2.05, 4.69) is 0 Å². The largest absolute Gasteiger partial charge is 0.454 e. The summed E-state index contributed by atoms with van der Waals surface area (Å²) in [4.78, 5) is 40.0. The summed E-state index contributed by atoms with van der Waals surface area (Å²) in [6, 6.07) is 19.2. The van der Waals surface area contributed by atoms with Crippen LogP contribution in [0.3, 0.4) is 0 Å². The summed E-state index contributed by atoms with van der Waals surface area (Å²) in [5, 5.41) is 0.557. The first-order valence-corrected chi connectivity index (χ1v) is 13.7. The van der Waals surface area contributed by atoms with E-state index in [0.717, 1.165) is 6.07 Å². The monoisotopic (exact) mass is 605 g/mol. The molecule has 5 aromatic rings. The summed E-state index contributed by atoms with van der Waals surface area (Å²) in [5.74, 6) is -1.81. The van der Waals surface area contributed by atoms with Crippen LogP contribution in [0.2, 0.25) is 10.0 Å². The normalized spacial score (nSPS) is 11.1. The van der Waals surface area contributed by atoms with Gasteiger partial charge in [0.25, 0.3) is 5.56 Å². The van der Waals surface area contributed by atoms with Crippen LogP contribution in [0.15, 0.2) is 77.6 Å². The number of carbonyl (C=O) groups excluding carboxylic acids is 2. The number of hydrogen-bond donors (Lipinski definition) is 0. The van der Waals surface area contributed by atoms with Crippen molar-refractivity contribution >= 4 is 35.0 Å². The Hall–Kier alpha value is -4.40. The van der Waals surface area contributed by atoms with Gasteiger partial charge in [0.05, 0.1) is 27.0 Å². The molecule has 2 aromatic heterocycles. The molecule has 3 aromatic carbocycles. The van der Waals surface area contributed by atoms with E-state index in [0.29, 0.717) is 44.6 Å². The first-order valence-electron chi connectivity index (χ1n) is 13.0. The van der Waals surface area contributed by atoms with Gasteiger partial charge < -0.3 is 9.30 Å². The molecule has 0 atom stereocenters. The van der Waals surface area contributed by atoms with E-state index in [9.17, 15) is 18.8 Å². The van der Waals surface area contributed by atoms with Gasteiger partial charge in [0, 0.05) is 24.0 Å². The van der Waals surface area contributed by atoms with Crippen LogP contribution in [-0.2, 0) is 11.8 Å². The van der Waals surface area contributed by atoms with E-state index in [4.69, 9.17) is 27.9 Å². The van der Waals surface area contributed by atoms with E-state index in [1.54, 1.807) is 53.0 Å². The maximum absolute atomic E-state index is 14.1. The molecule has 214 valence electrons. The molecule has 0 unspecified atom stereocenters. The van der Waals surface area contributed by atoms with E-state index in [1.165, 1.54) is 18.2 Å². The van der Waals surface area contributed by atoms with E-state index >= 15 is 0 Å². The third kappa shape index (κ3) is 5.19. The van der Waals surface area contributed by atoms with E-state index in [1.807, 2.05) is 37.3 Å². The zero-order valence-electron chi connectivity index (χ0n) is 23.2. The minimum absolute atomic E-state index is 0.0643. The molecule has 0 saturated heterocycles. The number of aryl methyl sites for hydroxylation is 1. The molecule has 7 nitrogen and oxygen atoms in total. The number of hydrogen-bond acceptors (Lipinski definition) is 4. The standard InChI is InChI=1S/C32H26Cl2FN3O4/c1-18-14-25(19(2)37(18)30-20(3)36(4)38(31(30)40)23-8-6-5-7-9-23)29(39)17-42-32(41)24-12-11-22(35)16-26(24)21-10-13-27(33)28(34)15-21/h5-16H,17H2,1-4H3. The van der Waals surface area contributed by atoms with Crippen LogP contribution in [0.1, 0.15) is 37.8 Å². The van der Waals surface area contributed by atoms with Gasteiger partial charge in [-0.3, -0.25) is 14.3 Å². The average molecular weight is 606 g/mol. The Kier molecular flexibility index (Phi) is 7.95.